The molecule has 6 heteroatoms. The number of ketones is 2. The Hall–Kier alpha value is -2.76. The molecule has 104 valence electrons. The summed E-state index contributed by atoms with van der Waals surface area (Å²) in [5.41, 5.74) is -0.385. The van der Waals surface area contributed by atoms with Crippen LogP contribution in [0.25, 0.3) is 0 Å². The number of benzene rings is 1. The van der Waals surface area contributed by atoms with Gasteiger partial charge in [-0.05, 0) is 24.6 Å². The van der Waals surface area contributed by atoms with Gasteiger partial charge in [0.1, 0.15) is 0 Å². The predicted molar refractivity (Wildman–Crippen MR) is 68.5 cm³/mol. The van der Waals surface area contributed by atoms with E-state index >= 15 is 0 Å². The Morgan fingerprint density at radius 2 is 1.70 bits per heavy atom. The van der Waals surface area contributed by atoms with Crippen LogP contribution in [-0.4, -0.2) is 35.2 Å². The average molecular weight is 276 g/mol. The Kier molecular flexibility index (Phi) is 4.91. The molecule has 20 heavy (non-hydrogen) atoms. The van der Waals surface area contributed by atoms with E-state index in [2.05, 4.69) is 11.3 Å². The van der Waals surface area contributed by atoms with Crippen LogP contribution >= 0.6 is 0 Å². The summed E-state index contributed by atoms with van der Waals surface area (Å²) in [4.78, 5) is 45.2. The number of aromatic carboxylic acids is 1. The number of hydrogen-bond acceptors (Lipinski definition) is 5. The average Bonchev–Trinajstić information content (AvgIpc) is 2.43. The molecule has 1 aromatic carbocycles. The highest BCUT2D eigenvalue weighted by Crippen LogP contribution is 2.10. The summed E-state index contributed by atoms with van der Waals surface area (Å²) < 4.78 is 4.64. The van der Waals surface area contributed by atoms with Gasteiger partial charge in [-0.1, -0.05) is 18.7 Å². The zero-order chi connectivity index (χ0) is 15.3. The lowest BCUT2D eigenvalue weighted by molar-refractivity contribution is -0.136. The fourth-order valence-electron chi connectivity index (χ4n) is 1.36. The van der Waals surface area contributed by atoms with Crippen LogP contribution in [0.15, 0.2) is 36.4 Å². The highest BCUT2D eigenvalue weighted by Gasteiger charge is 2.20. The van der Waals surface area contributed by atoms with Crippen LogP contribution in [0.5, 0.6) is 0 Å². The zero-order valence-corrected chi connectivity index (χ0v) is 10.7. The molecule has 0 saturated heterocycles. The maximum absolute atomic E-state index is 11.7. The summed E-state index contributed by atoms with van der Waals surface area (Å²) in [6.07, 6.45) is 0. The number of carbonyl (C=O) groups is 4. The van der Waals surface area contributed by atoms with E-state index < -0.39 is 30.1 Å². The number of hydrogen-bond donors (Lipinski definition) is 1. The number of Topliss-reactive ketones (excluding diaryl/α,β-unsaturated/α-hetero) is 2. The summed E-state index contributed by atoms with van der Waals surface area (Å²) in [5, 5.41) is 8.91. The third-order valence-electron chi connectivity index (χ3n) is 2.35. The first-order valence-electron chi connectivity index (χ1n) is 5.57. The summed E-state index contributed by atoms with van der Waals surface area (Å²) in [5.74, 6) is -4.02. The van der Waals surface area contributed by atoms with E-state index in [0.29, 0.717) is 0 Å². The van der Waals surface area contributed by atoms with Crippen molar-refractivity contribution in [1.82, 2.24) is 0 Å². The number of ether oxygens (including phenoxy) is 1. The number of carboxylic acids is 1. The van der Waals surface area contributed by atoms with Gasteiger partial charge in [-0.2, -0.15) is 0 Å². The molecule has 0 atom stereocenters. The second-order valence-electron chi connectivity index (χ2n) is 3.96. The third kappa shape index (κ3) is 3.61. The van der Waals surface area contributed by atoms with Crippen LogP contribution in [0.4, 0.5) is 0 Å². The highest BCUT2D eigenvalue weighted by atomic mass is 16.5. The van der Waals surface area contributed by atoms with Gasteiger partial charge in [-0.15, -0.1) is 0 Å². The molecule has 0 amide bonds. The van der Waals surface area contributed by atoms with E-state index in [9.17, 15) is 19.2 Å². The minimum Gasteiger partial charge on any atom is -0.478 e. The molecule has 0 aliphatic rings. The molecule has 0 radical (unpaired) electrons. The minimum absolute atomic E-state index is 0.0389. The van der Waals surface area contributed by atoms with Crippen molar-refractivity contribution in [3.63, 3.8) is 0 Å². The molecule has 6 nitrogen and oxygen atoms in total. The smallest absolute Gasteiger partial charge is 0.339 e. The Morgan fingerprint density at radius 1 is 1.15 bits per heavy atom. The van der Waals surface area contributed by atoms with Crippen LogP contribution in [0.2, 0.25) is 0 Å². The molecule has 0 spiro atoms. The van der Waals surface area contributed by atoms with Gasteiger partial charge < -0.3 is 9.84 Å². The van der Waals surface area contributed by atoms with Crippen molar-refractivity contribution in [3.8, 4) is 0 Å². The molecular weight excluding hydrogens is 264 g/mol. The first-order chi connectivity index (χ1) is 9.34. The quantitative estimate of drug-likeness (QED) is 0.477. The molecule has 1 aromatic rings. The summed E-state index contributed by atoms with van der Waals surface area (Å²) in [6, 6.07) is 5.41. The highest BCUT2D eigenvalue weighted by molar-refractivity contribution is 6.43. The fraction of sp³-hybridized carbons (Fsp3) is 0.143. The normalized spacial score (nSPS) is 9.65. The topological polar surface area (TPSA) is 97.7 Å². The van der Waals surface area contributed by atoms with Gasteiger partial charge >= 0.3 is 11.9 Å². The van der Waals surface area contributed by atoms with Gasteiger partial charge in [0.05, 0.1) is 11.1 Å². The maximum Gasteiger partial charge on any atom is 0.339 e. The number of rotatable bonds is 6. The lowest BCUT2D eigenvalue weighted by Crippen LogP contribution is -2.23. The first-order valence-corrected chi connectivity index (χ1v) is 5.57. The molecule has 1 rings (SSSR count). The van der Waals surface area contributed by atoms with E-state index in [1.807, 2.05) is 0 Å². The number of carbonyl (C=O) groups excluding carboxylic acids is 3. The van der Waals surface area contributed by atoms with Crippen molar-refractivity contribution in [2.24, 2.45) is 0 Å². The number of carboxylic acid groups (broad SMARTS) is 1. The van der Waals surface area contributed by atoms with Crippen LogP contribution < -0.4 is 0 Å². The fourth-order valence-corrected chi connectivity index (χ4v) is 1.36. The van der Waals surface area contributed by atoms with Gasteiger partial charge in [0, 0.05) is 0 Å². The molecule has 1 N–H and O–H groups in total. The standard InChI is InChI=1S/C14H12O6/c1-8(2)12(16)11(15)7-20-14(19)10-6-4-3-5-9(10)13(17)18/h3-6H,1,7H2,2H3,(H,17,18). The lowest BCUT2D eigenvalue weighted by atomic mass is 10.1. The van der Waals surface area contributed by atoms with Crippen LogP contribution in [-0.2, 0) is 14.3 Å². The third-order valence-corrected chi connectivity index (χ3v) is 2.35. The molecule has 0 bridgehead atoms. The second kappa shape index (κ2) is 6.42. The Morgan fingerprint density at radius 3 is 2.20 bits per heavy atom. The second-order valence-corrected chi connectivity index (χ2v) is 3.96. The Labute approximate surface area is 114 Å². The molecule has 0 saturated carbocycles. The van der Waals surface area contributed by atoms with Gasteiger partial charge in [-0.3, -0.25) is 9.59 Å². The van der Waals surface area contributed by atoms with E-state index in [4.69, 9.17) is 5.11 Å². The van der Waals surface area contributed by atoms with Gasteiger partial charge in [0.15, 0.2) is 6.61 Å². The van der Waals surface area contributed by atoms with Crippen molar-refractivity contribution in [1.29, 1.82) is 0 Å². The van der Waals surface area contributed by atoms with Gasteiger partial charge in [-0.25, -0.2) is 9.59 Å². The minimum atomic E-state index is -1.29. The van der Waals surface area contributed by atoms with Crippen LogP contribution in [0, 0.1) is 0 Å². The molecule has 0 aliphatic heterocycles. The van der Waals surface area contributed by atoms with E-state index in [1.165, 1.54) is 31.2 Å². The van der Waals surface area contributed by atoms with Gasteiger partial charge in [0.25, 0.3) is 0 Å². The Balaban J connectivity index is 2.78. The van der Waals surface area contributed by atoms with Crippen LogP contribution in [0.1, 0.15) is 27.6 Å². The largest absolute Gasteiger partial charge is 0.478 e. The van der Waals surface area contributed by atoms with Crippen LogP contribution in [0.3, 0.4) is 0 Å². The molecular formula is C14H12O6. The van der Waals surface area contributed by atoms with Crippen molar-refractivity contribution < 1.29 is 29.0 Å². The van der Waals surface area contributed by atoms with E-state index in [0.717, 1.165) is 0 Å². The summed E-state index contributed by atoms with van der Waals surface area (Å²) >= 11 is 0. The molecule has 0 aromatic heterocycles. The van der Waals surface area contributed by atoms with Crippen molar-refractivity contribution in [2.75, 3.05) is 6.61 Å². The predicted octanol–water partition coefficient (Wildman–Crippen LogP) is 1.26. The molecule has 0 fully saturated rings. The first kappa shape index (κ1) is 15.3. The lowest BCUT2D eigenvalue weighted by Gasteiger charge is -2.06. The Bertz CT molecular complexity index is 599. The van der Waals surface area contributed by atoms with E-state index in [-0.39, 0.29) is 16.7 Å². The molecule has 0 unspecified atom stereocenters. The van der Waals surface area contributed by atoms with Crippen molar-refractivity contribution in [2.45, 2.75) is 6.92 Å². The maximum atomic E-state index is 11.7. The monoisotopic (exact) mass is 276 g/mol. The molecule has 0 aliphatic carbocycles. The SMILES string of the molecule is C=C(C)C(=O)C(=O)COC(=O)c1ccccc1C(=O)O. The zero-order valence-electron chi connectivity index (χ0n) is 10.7. The van der Waals surface area contributed by atoms with Crippen molar-refractivity contribution in [3.05, 3.63) is 47.5 Å². The summed E-state index contributed by atoms with van der Waals surface area (Å²) in [6.45, 7) is 3.92. The molecule has 0 heterocycles. The van der Waals surface area contributed by atoms with Gasteiger partial charge in [0.2, 0.25) is 11.6 Å². The number of esters is 1. The number of allylic oxidation sites excluding steroid dienone is 1. The van der Waals surface area contributed by atoms with E-state index in [1.54, 1.807) is 0 Å². The van der Waals surface area contributed by atoms with Crippen molar-refractivity contribution >= 4 is 23.5 Å². The summed E-state index contributed by atoms with van der Waals surface area (Å²) in [7, 11) is 0.